The first-order valence-electron chi connectivity index (χ1n) is 9.96. The molecule has 0 spiro atoms. The third-order valence-electron chi connectivity index (χ3n) is 5.35. The van der Waals surface area contributed by atoms with Gasteiger partial charge in [0, 0.05) is 40.4 Å². The average Bonchev–Trinajstić information content (AvgIpc) is 3.48. The quantitative estimate of drug-likeness (QED) is 0.510. The monoisotopic (exact) mass is 447 g/mol. The largest absolute Gasteiger partial charge is 0.362 e. The van der Waals surface area contributed by atoms with Crippen LogP contribution in [-0.4, -0.2) is 40.9 Å². The van der Waals surface area contributed by atoms with Crippen molar-refractivity contribution in [3.05, 3.63) is 77.1 Å². The number of nitrogens with zero attached hydrogens (tertiary/aromatic N) is 2. The molecule has 3 heterocycles. The Morgan fingerprint density at radius 3 is 2.72 bits per heavy atom. The van der Waals surface area contributed by atoms with Crippen LogP contribution in [0.3, 0.4) is 0 Å². The number of anilines is 3. The van der Waals surface area contributed by atoms with Crippen LogP contribution in [0, 0.1) is 0 Å². The summed E-state index contributed by atoms with van der Waals surface area (Å²) in [6, 6.07) is 14.8. The van der Waals surface area contributed by atoms with E-state index in [1.165, 1.54) is 4.90 Å². The molecule has 5 amide bonds. The molecule has 32 heavy (non-hydrogen) atoms. The van der Waals surface area contributed by atoms with Crippen molar-refractivity contribution in [2.75, 3.05) is 28.6 Å². The third-order valence-corrected chi connectivity index (χ3v) is 5.58. The molecule has 2 aliphatic rings. The van der Waals surface area contributed by atoms with Crippen LogP contribution in [0.5, 0.6) is 0 Å². The van der Waals surface area contributed by atoms with E-state index in [0.717, 1.165) is 16.2 Å². The van der Waals surface area contributed by atoms with Crippen molar-refractivity contribution in [2.45, 2.75) is 0 Å². The molecule has 2 aromatic carbocycles. The Hall–Kier alpha value is -4.04. The molecule has 1 fully saturated rings. The molecule has 0 atom stereocenters. The number of carbonyl (C=O) groups is 3. The summed E-state index contributed by atoms with van der Waals surface area (Å²) in [6.07, 6.45) is 3.55. The molecule has 1 aromatic heterocycles. The molecule has 0 aliphatic carbocycles. The minimum atomic E-state index is -0.536. The van der Waals surface area contributed by atoms with Crippen LogP contribution in [0.1, 0.15) is 11.3 Å². The maximum absolute atomic E-state index is 12.8. The number of benzene rings is 2. The van der Waals surface area contributed by atoms with Crippen molar-refractivity contribution in [1.29, 1.82) is 0 Å². The second-order valence-corrected chi connectivity index (χ2v) is 7.83. The minimum Gasteiger partial charge on any atom is -0.362 e. The lowest BCUT2D eigenvalue weighted by Gasteiger charge is -2.18. The maximum Gasteiger partial charge on any atom is 0.332 e. The van der Waals surface area contributed by atoms with Crippen LogP contribution in [0.2, 0.25) is 5.02 Å². The Bertz CT molecular complexity index is 1270. The van der Waals surface area contributed by atoms with Crippen LogP contribution in [-0.2, 0) is 4.79 Å². The molecule has 9 heteroatoms. The van der Waals surface area contributed by atoms with E-state index >= 15 is 0 Å². The number of imide groups is 1. The van der Waals surface area contributed by atoms with Crippen molar-refractivity contribution in [2.24, 2.45) is 0 Å². The number of fused-ring (bicyclic) bond motifs is 1. The van der Waals surface area contributed by atoms with E-state index in [9.17, 15) is 14.4 Å². The fraction of sp³-hybridized carbons (Fsp3) is 0.0870. The fourth-order valence-electron chi connectivity index (χ4n) is 3.80. The van der Waals surface area contributed by atoms with Gasteiger partial charge in [-0.1, -0.05) is 23.7 Å². The third kappa shape index (κ3) is 3.61. The van der Waals surface area contributed by atoms with Crippen LogP contribution >= 0.6 is 11.6 Å². The fourth-order valence-corrected chi connectivity index (χ4v) is 3.99. The van der Waals surface area contributed by atoms with Crippen LogP contribution in [0.25, 0.3) is 11.6 Å². The van der Waals surface area contributed by atoms with Gasteiger partial charge < -0.3 is 15.6 Å². The van der Waals surface area contributed by atoms with Gasteiger partial charge in [0.15, 0.2) is 0 Å². The topological polar surface area (TPSA) is 97.5 Å². The maximum atomic E-state index is 12.8. The summed E-state index contributed by atoms with van der Waals surface area (Å²) in [7, 11) is 0. The summed E-state index contributed by atoms with van der Waals surface area (Å²) >= 11 is 6.02. The van der Waals surface area contributed by atoms with Crippen molar-refractivity contribution < 1.29 is 14.4 Å². The highest BCUT2D eigenvalue weighted by Crippen LogP contribution is 2.35. The molecule has 160 valence electrons. The molecule has 0 bridgehead atoms. The van der Waals surface area contributed by atoms with Gasteiger partial charge in [-0.3, -0.25) is 9.69 Å². The first kappa shape index (κ1) is 19.9. The van der Waals surface area contributed by atoms with E-state index < -0.39 is 12.1 Å². The predicted molar refractivity (Wildman–Crippen MR) is 124 cm³/mol. The van der Waals surface area contributed by atoms with Gasteiger partial charge in [-0.05, 0) is 48.5 Å². The Kier molecular flexibility index (Phi) is 4.91. The van der Waals surface area contributed by atoms with Crippen molar-refractivity contribution in [3.63, 3.8) is 0 Å². The molecule has 0 saturated carbocycles. The number of carbonyl (C=O) groups excluding carboxylic acids is 3. The summed E-state index contributed by atoms with van der Waals surface area (Å²) in [5.41, 5.74) is 3.80. The van der Waals surface area contributed by atoms with Crippen molar-refractivity contribution in [1.82, 2.24) is 9.88 Å². The number of urea groups is 2. The number of aromatic amines is 1. The molecule has 2 aliphatic heterocycles. The summed E-state index contributed by atoms with van der Waals surface area (Å²) in [4.78, 5) is 43.6. The van der Waals surface area contributed by atoms with Gasteiger partial charge in [-0.15, -0.1) is 0 Å². The number of hydrogen-bond donors (Lipinski definition) is 3. The minimum absolute atomic E-state index is 0.218. The molecule has 3 aromatic rings. The second kappa shape index (κ2) is 7.90. The molecule has 8 nitrogen and oxygen atoms in total. The summed E-state index contributed by atoms with van der Waals surface area (Å²) < 4.78 is 0. The standard InChI is InChI=1S/C23H18ClN5O3/c24-14-3-1-5-17(11-14)28-9-10-29(23(28)32)22(31)26-16-6-7-18-19(12-15-4-2-8-25-15)21(30)27-20(18)13-16/h1-8,11-13,25H,9-10H2,(H,26,31)(H,27,30). The van der Waals surface area contributed by atoms with Crippen LogP contribution in [0.4, 0.5) is 26.7 Å². The van der Waals surface area contributed by atoms with E-state index in [2.05, 4.69) is 15.6 Å². The Morgan fingerprint density at radius 2 is 1.94 bits per heavy atom. The lowest BCUT2D eigenvalue weighted by molar-refractivity contribution is -0.110. The first-order chi connectivity index (χ1) is 15.5. The zero-order chi connectivity index (χ0) is 22.2. The van der Waals surface area contributed by atoms with Crippen molar-refractivity contribution in [3.8, 4) is 0 Å². The zero-order valence-corrected chi connectivity index (χ0v) is 17.5. The lowest BCUT2D eigenvalue weighted by Crippen LogP contribution is -2.39. The Balaban J connectivity index is 1.31. The van der Waals surface area contributed by atoms with E-state index in [1.807, 2.05) is 12.1 Å². The highest BCUT2D eigenvalue weighted by molar-refractivity contribution is 6.35. The molecule has 0 unspecified atom stereocenters. The molecular weight excluding hydrogens is 430 g/mol. The summed E-state index contributed by atoms with van der Waals surface area (Å²) in [5, 5.41) is 6.07. The number of halogens is 1. The molecule has 0 radical (unpaired) electrons. The van der Waals surface area contributed by atoms with Gasteiger partial charge in [0.1, 0.15) is 0 Å². The number of H-pyrrole nitrogens is 1. The number of amides is 5. The average molecular weight is 448 g/mol. The van der Waals surface area contributed by atoms with Gasteiger partial charge in [0.05, 0.1) is 17.8 Å². The van der Waals surface area contributed by atoms with Gasteiger partial charge in [0.25, 0.3) is 5.91 Å². The number of nitrogens with one attached hydrogen (secondary N) is 3. The van der Waals surface area contributed by atoms with Gasteiger partial charge in [-0.25, -0.2) is 14.5 Å². The highest BCUT2D eigenvalue weighted by Gasteiger charge is 2.34. The van der Waals surface area contributed by atoms with Gasteiger partial charge >= 0.3 is 12.1 Å². The highest BCUT2D eigenvalue weighted by atomic mass is 35.5. The SMILES string of the molecule is O=C1Nc2cc(NC(=O)N3CCN(c4cccc(Cl)c4)C3=O)ccc2C1=Cc1ccc[nH]1. The van der Waals surface area contributed by atoms with E-state index in [0.29, 0.717) is 34.2 Å². The summed E-state index contributed by atoms with van der Waals surface area (Å²) in [6.45, 7) is 0.627. The van der Waals surface area contributed by atoms with Gasteiger partial charge in [-0.2, -0.15) is 0 Å². The molecule has 1 saturated heterocycles. The normalized spacial score (nSPS) is 16.5. The van der Waals surface area contributed by atoms with Crippen LogP contribution in [0.15, 0.2) is 60.8 Å². The number of rotatable bonds is 3. The van der Waals surface area contributed by atoms with Crippen LogP contribution < -0.4 is 15.5 Å². The van der Waals surface area contributed by atoms with Crippen molar-refractivity contribution >= 4 is 58.3 Å². The molecule has 3 N–H and O–H groups in total. The predicted octanol–water partition coefficient (Wildman–Crippen LogP) is 4.63. The number of aromatic nitrogens is 1. The first-order valence-corrected chi connectivity index (χ1v) is 10.3. The second-order valence-electron chi connectivity index (χ2n) is 7.39. The molecular formula is C23H18ClN5O3. The number of hydrogen-bond acceptors (Lipinski definition) is 3. The lowest BCUT2D eigenvalue weighted by atomic mass is 10.1. The summed E-state index contributed by atoms with van der Waals surface area (Å²) in [5.74, 6) is -0.218. The van der Waals surface area contributed by atoms with Gasteiger partial charge in [0.2, 0.25) is 0 Å². The smallest absolute Gasteiger partial charge is 0.332 e. The van der Waals surface area contributed by atoms with E-state index in [4.69, 9.17) is 11.6 Å². The molecule has 5 rings (SSSR count). The van der Waals surface area contributed by atoms with E-state index in [-0.39, 0.29) is 12.5 Å². The Labute approximate surface area is 188 Å². The zero-order valence-electron chi connectivity index (χ0n) is 16.8. The van der Waals surface area contributed by atoms with E-state index in [1.54, 1.807) is 54.7 Å². The Morgan fingerprint density at radius 1 is 1.06 bits per heavy atom.